The molecule has 0 radical (unpaired) electrons. The minimum Gasteiger partial charge on any atom is -0.453 e. The minimum atomic E-state index is -0.921. The van der Waals surface area contributed by atoms with Gasteiger partial charge in [-0.25, -0.2) is 4.79 Å². The Labute approximate surface area is 147 Å². The van der Waals surface area contributed by atoms with E-state index in [-0.39, 0.29) is 21.9 Å². The average molecular weight is 367 g/mol. The van der Waals surface area contributed by atoms with Gasteiger partial charge in [0.25, 0.3) is 5.91 Å². The van der Waals surface area contributed by atoms with Crippen LogP contribution in [-0.4, -0.2) is 48.1 Å². The molecule has 0 saturated carbocycles. The number of Topliss-reactive ketones (excluding diaryl/α,β-unsaturated/α-hetero) is 1. The second-order valence-electron chi connectivity index (χ2n) is 5.13. The van der Waals surface area contributed by atoms with Crippen molar-refractivity contribution in [2.45, 2.75) is 19.3 Å². The molecule has 1 aliphatic carbocycles. The van der Waals surface area contributed by atoms with E-state index in [1.165, 1.54) is 24.9 Å². The SMILES string of the molecule is COC(=O)NCCCCCSC1=CC(=O)c2onc(C(N)=O)c2C1=O. The van der Waals surface area contributed by atoms with Crippen molar-refractivity contribution < 1.29 is 28.4 Å². The second kappa shape index (κ2) is 8.47. The number of ether oxygens (including phenoxy) is 1. The Morgan fingerprint density at radius 1 is 1.32 bits per heavy atom. The number of hydrogen-bond acceptors (Lipinski definition) is 8. The maximum Gasteiger partial charge on any atom is 0.406 e. The summed E-state index contributed by atoms with van der Waals surface area (Å²) in [7, 11) is 1.30. The number of alkyl carbamates (subject to hydrolysis) is 1. The maximum absolute atomic E-state index is 12.4. The monoisotopic (exact) mass is 367 g/mol. The van der Waals surface area contributed by atoms with Gasteiger partial charge in [0, 0.05) is 12.6 Å². The molecule has 1 heterocycles. The molecule has 3 N–H and O–H groups in total. The van der Waals surface area contributed by atoms with Crippen molar-refractivity contribution in [3.05, 3.63) is 28.0 Å². The van der Waals surface area contributed by atoms with Crippen molar-refractivity contribution in [3.8, 4) is 0 Å². The minimum absolute atomic E-state index is 0.162. The number of ketones is 2. The molecule has 0 bridgehead atoms. The fraction of sp³-hybridized carbons (Fsp3) is 0.400. The molecular weight excluding hydrogens is 350 g/mol. The van der Waals surface area contributed by atoms with E-state index in [0.717, 1.165) is 19.3 Å². The standard InChI is InChI=1S/C15H17N3O6S/c1-23-15(22)17-5-3-2-4-6-25-9-7-8(19)13-10(12(9)20)11(14(16)21)18-24-13/h7H,2-6H2,1H3,(H2,16,21)(H,17,22). The fourth-order valence-electron chi connectivity index (χ4n) is 2.17. The van der Waals surface area contributed by atoms with Crippen molar-refractivity contribution in [2.24, 2.45) is 5.73 Å². The lowest BCUT2D eigenvalue weighted by molar-refractivity contribution is 0.0965. The summed E-state index contributed by atoms with van der Waals surface area (Å²) in [4.78, 5) is 46.8. The van der Waals surface area contributed by atoms with Gasteiger partial charge in [-0.15, -0.1) is 11.8 Å². The van der Waals surface area contributed by atoms with Gasteiger partial charge < -0.3 is 20.3 Å². The Bertz CT molecular complexity index is 740. The van der Waals surface area contributed by atoms with E-state index in [4.69, 9.17) is 10.3 Å². The van der Waals surface area contributed by atoms with Crippen LogP contribution in [0.1, 0.15) is 50.7 Å². The lowest BCUT2D eigenvalue weighted by Crippen LogP contribution is -2.23. The molecule has 2 amide bonds. The van der Waals surface area contributed by atoms with Crippen LogP contribution in [0.3, 0.4) is 0 Å². The van der Waals surface area contributed by atoms with Crippen LogP contribution in [0.25, 0.3) is 0 Å². The van der Waals surface area contributed by atoms with Crippen LogP contribution in [0, 0.1) is 0 Å². The number of nitrogens with one attached hydrogen (secondary N) is 1. The Kier molecular flexibility index (Phi) is 6.34. The van der Waals surface area contributed by atoms with Crippen molar-refractivity contribution >= 4 is 35.3 Å². The normalized spacial score (nSPS) is 13.2. The summed E-state index contributed by atoms with van der Waals surface area (Å²) in [6.07, 6.45) is 3.09. The number of allylic oxidation sites excluding steroid dienone is 2. The zero-order valence-corrected chi connectivity index (χ0v) is 14.3. The first-order valence-corrected chi connectivity index (χ1v) is 8.49. The van der Waals surface area contributed by atoms with E-state index >= 15 is 0 Å². The molecule has 1 aliphatic rings. The molecule has 0 unspecified atom stereocenters. The molecule has 1 aromatic heterocycles. The molecule has 0 aliphatic heterocycles. The summed E-state index contributed by atoms with van der Waals surface area (Å²) in [5.74, 6) is -1.57. The molecule has 10 heteroatoms. The molecule has 1 aromatic rings. The highest BCUT2D eigenvalue weighted by atomic mass is 32.2. The summed E-state index contributed by atoms with van der Waals surface area (Å²) >= 11 is 1.22. The summed E-state index contributed by atoms with van der Waals surface area (Å²) < 4.78 is 9.21. The second-order valence-corrected chi connectivity index (χ2v) is 6.27. The van der Waals surface area contributed by atoms with Crippen LogP contribution in [-0.2, 0) is 4.74 Å². The first-order chi connectivity index (χ1) is 12.0. The number of hydrogen-bond donors (Lipinski definition) is 2. The summed E-state index contributed by atoms with van der Waals surface area (Å²) in [6.45, 7) is 0.503. The van der Waals surface area contributed by atoms with Crippen LogP contribution in [0.2, 0.25) is 0 Å². The molecule has 0 atom stereocenters. The Balaban J connectivity index is 1.84. The lowest BCUT2D eigenvalue weighted by Gasteiger charge is -2.10. The number of unbranched alkanes of at least 4 members (excludes halogenated alkanes) is 2. The highest BCUT2D eigenvalue weighted by molar-refractivity contribution is 8.04. The third-order valence-electron chi connectivity index (χ3n) is 3.40. The summed E-state index contributed by atoms with van der Waals surface area (Å²) in [5, 5.41) is 5.98. The molecule has 0 saturated heterocycles. The van der Waals surface area contributed by atoms with Gasteiger partial charge in [-0.3, -0.25) is 14.4 Å². The molecule has 2 rings (SSSR count). The number of nitrogens with two attached hydrogens (primary N) is 1. The predicted molar refractivity (Wildman–Crippen MR) is 88.5 cm³/mol. The average Bonchev–Trinajstić information content (AvgIpc) is 3.04. The molecule has 9 nitrogen and oxygen atoms in total. The first-order valence-electron chi connectivity index (χ1n) is 7.50. The van der Waals surface area contributed by atoms with Crippen LogP contribution in [0.15, 0.2) is 15.5 Å². The summed E-state index contributed by atoms with van der Waals surface area (Å²) in [6, 6.07) is 0. The van der Waals surface area contributed by atoms with Crippen LogP contribution >= 0.6 is 11.8 Å². The molecule has 0 fully saturated rings. The zero-order chi connectivity index (χ0) is 18.4. The van der Waals surface area contributed by atoms with Gasteiger partial charge in [0.1, 0.15) is 5.56 Å². The van der Waals surface area contributed by atoms with Gasteiger partial charge in [0.15, 0.2) is 5.69 Å². The largest absolute Gasteiger partial charge is 0.453 e. The number of carbonyl (C=O) groups is 4. The highest BCUT2D eigenvalue weighted by Crippen LogP contribution is 2.30. The molecule has 0 aromatic carbocycles. The van der Waals surface area contributed by atoms with Crippen molar-refractivity contribution in [2.75, 3.05) is 19.4 Å². The number of amides is 2. The third-order valence-corrected chi connectivity index (χ3v) is 4.50. The number of primary amides is 1. The maximum atomic E-state index is 12.4. The number of aromatic nitrogens is 1. The van der Waals surface area contributed by atoms with Crippen LogP contribution < -0.4 is 11.1 Å². The quantitative estimate of drug-likeness (QED) is 0.655. The van der Waals surface area contributed by atoms with Crippen molar-refractivity contribution in [3.63, 3.8) is 0 Å². The fourth-order valence-corrected chi connectivity index (χ4v) is 3.16. The van der Waals surface area contributed by atoms with Gasteiger partial charge >= 0.3 is 6.09 Å². The number of thioether (sulfide) groups is 1. The Hall–Kier alpha value is -2.62. The topological polar surface area (TPSA) is 142 Å². The number of nitrogens with zero attached hydrogens (tertiary/aromatic N) is 1. The molecule has 0 spiro atoms. The van der Waals surface area contributed by atoms with E-state index in [1.54, 1.807) is 0 Å². The molecular formula is C15H17N3O6S. The van der Waals surface area contributed by atoms with Crippen molar-refractivity contribution in [1.82, 2.24) is 10.5 Å². The smallest absolute Gasteiger partial charge is 0.406 e. The van der Waals surface area contributed by atoms with Crippen LogP contribution in [0.5, 0.6) is 0 Å². The Morgan fingerprint density at radius 2 is 2.08 bits per heavy atom. The predicted octanol–water partition coefficient (Wildman–Crippen LogP) is 1.30. The lowest BCUT2D eigenvalue weighted by atomic mass is 10.00. The van der Waals surface area contributed by atoms with Gasteiger partial charge in [-0.1, -0.05) is 11.6 Å². The molecule has 134 valence electrons. The number of rotatable bonds is 8. The van der Waals surface area contributed by atoms with Crippen molar-refractivity contribution in [1.29, 1.82) is 0 Å². The van der Waals surface area contributed by atoms with Gasteiger partial charge in [0.05, 0.1) is 12.0 Å². The van der Waals surface area contributed by atoms with E-state index in [2.05, 4.69) is 15.2 Å². The highest BCUT2D eigenvalue weighted by Gasteiger charge is 2.35. The van der Waals surface area contributed by atoms with E-state index in [9.17, 15) is 19.2 Å². The first kappa shape index (κ1) is 18.7. The number of fused-ring (bicyclic) bond motifs is 1. The van der Waals surface area contributed by atoms with Gasteiger partial charge in [-0.2, -0.15) is 0 Å². The third kappa shape index (κ3) is 4.47. The zero-order valence-electron chi connectivity index (χ0n) is 13.5. The van der Waals surface area contributed by atoms with E-state index < -0.39 is 23.6 Å². The number of methoxy groups -OCH3 is 1. The van der Waals surface area contributed by atoms with Gasteiger partial charge in [-0.05, 0) is 18.6 Å². The summed E-state index contributed by atoms with van der Waals surface area (Å²) in [5.41, 5.74) is 4.66. The van der Waals surface area contributed by atoms with Gasteiger partial charge in [0.2, 0.25) is 17.3 Å². The molecule has 25 heavy (non-hydrogen) atoms. The van der Waals surface area contributed by atoms with E-state index in [1.807, 2.05) is 0 Å². The number of carbonyl (C=O) groups excluding carboxylic acids is 4. The van der Waals surface area contributed by atoms with E-state index in [0.29, 0.717) is 12.3 Å². The van der Waals surface area contributed by atoms with Crippen LogP contribution in [0.4, 0.5) is 4.79 Å². The Morgan fingerprint density at radius 3 is 2.76 bits per heavy atom.